The molecule has 0 unspecified atom stereocenters. The number of hydrogen-bond donors (Lipinski definition) is 1. The van der Waals surface area contributed by atoms with E-state index in [1.807, 2.05) is 48.5 Å². The Morgan fingerprint density at radius 3 is 2.20 bits per heavy atom. The van der Waals surface area contributed by atoms with E-state index in [9.17, 15) is 14.4 Å². The zero-order valence-corrected chi connectivity index (χ0v) is 17.5. The summed E-state index contributed by atoms with van der Waals surface area (Å²) in [5.41, 5.74) is 2.90. The second-order valence-corrected chi connectivity index (χ2v) is 8.63. The fraction of sp³-hybridized carbons (Fsp3) is 0.375. The molecular weight excluding hydrogens is 380 g/mol. The Kier molecular flexibility index (Phi) is 5.10. The van der Waals surface area contributed by atoms with Crippen molar-refractivity contribution in [1.29, 1.82) is 0 Å². The van der Waals surface area contributed by atoms with Crippen LogP contribution in [0.4, 0.5) is 4.79 Å². The van der Waals surface area contributed by atoms with Gasteiger partial charge in [0.1, 0.15) is 12.1 Å². The van der Waals surface area contributed by atoms with Gasteiger partial charge in [0.2, 0.25) is 0 Å². The van der Waals surface area contributed by atoms with Crippen molar-refractivity contribution in [2.75, 3.05) is 6.54 Å². The zero-order chi connectivity index (χ0) is 21.5. The van der Waals surface area contributed by atoms with E-state index < -0.39 is 30.2 Å². The van der Waals surface area contributed by atoms with Gasteiger partial charge in [-0.25, -0.2) is 4.79 Å². The molecule has 0 spiro atoms. The Hall–Kier alpha value is -3.15. The van der Waals surface area contributed by atoms with Crippen LogP contribution in [0.15, 0.2) is 48.5 Å². The number of nitrogens with zero attached hydrogens (tertiary/aromatic N) is 1. The quantitative estimate of drug-likeness (QED) is 0.580. The maximum atomic E-state index is 12.9. The number of carbonyl (C=O) groups excluding carboxylic acids is 3. The Morgan fingerprint density at radius 2 is 1.63 bits per heavy atom. The third-order valence-electron chi connectivity index (χ3n) is 5.88. The summed E-state index contributed by atoms with van der Waals surface area (Å²) in [4.78, 5) is 39.0. The predicted molar refractivity (Wildman–Crippen MR) is 113 cm³/mol. The Balaban J connectivity index is 1.49. The van der Waals surface area contributed by atoms with Gasteiger partial charge in [-0.15, -0.1) is 0 Å². The molecule has 1 fully saturated rings. The van der Waals surface area contributed by atoms with Crippen LogP contribution in [0.3, 0.4) is 0 Å². The van der Waals surface area contributed by atoms with Crippen LogP contribution in [0.25, 0.3) is 11.1 Å². The molecule has 30 heavy (non-hydrogen) atoms. The maximum Gasteiger partial charge on any atom is 0.327 e. The topological polar surface area (TPSA) is 75.7 Å². The van der Waals surface area contributed by atoms with Crippen LogP contribution in [-0.2, 0) is 14.3 Å². The van der Waals surface area contributed by atoms with Gasteiger partial charge in [-0.05, 0) is 36.8 Å². The molecule has 0 bridgehead atoms. The van der Waals surface area contributed by atoms with Crippen molar-refractivity contribution in [3.05, 3.63) is 59.7 Å². The lowest BCUT2D eigenvalue weighted by Gasteiger charge is -2.22. The number of benzene rings is 2. The number of ether oxygens (including phenoxy) is 1. The van der Waals surface area contributed by atoms with Crippen molar-refractivity contribution in [3.63, 3.8) is 0 Å². The molecule has 0 aromatic heterocycles. The third-order valence-corrected chi connectivity index (χ3v) is 5.88. The summed E-state index contributed by atoms with van der Waals surface area (Å²) in [5.74, 6) is -0.575. The van der Waals surface area contributed by atoms with E-state index in [0.717, 1.165) is 33.6 Å². The number of fused-ring (bicyclic) bond motifs is 3. The maximum absolute atomic E-state index is 12.9. The van der Waals surface area contributed by atoms with Crippen molar-refractivity contribution < 1.29 is 19.1 Å². The molecule has 2 aromatic rings. The molecule has 156 valence electrons. The van der Waals surface area contributed by atoms with Crippen molar-refractivity contribution in [1.82, 2.24) is 10.2 Å². The number of rotatable bonds is 6. The van der Waals surface area contributed by atoms with E-state index >= 15 is 0 Å². The van der Waals surface area contributed by atoms with Crippen LogP contribution in [-0.4, -0.2) is 34.9 Å². The summed E-state index contributed by atoms with van der Waals surface area (Å²) in [6, 6.07) is 15.0. The van der Waals surface area contributed by atoms with Gasteiger partial charge in [-0.3, -0.25) is 14.5 Å². The van der Waals surface area contributed by atoms with Crippen molar-refractivity contribution in [2.24, 2.45) is 5.92 Å². The first kappa shape index (κ1) is 20.1. The van der Waals surface area contributed by atoms with E-state index in [-0.39, 0.29) is 5.91 Å². The van der Waals surface area contributed by atoms with Crippen LogP contribution in [0.5, 0.6) is 0 Å². The highest BCUT2D eigenvalue weighted by molar-refractivity contribution is 6.08. The lowest BCUT2D eigenvalue weighted by atomic mass is 9.92. The molecule has 4 rings (SSSR count). The number of nitrogens with one attached hydrogen (secondary N) is 1. The summed E-state index contributed by atoms with van der Waals surface area (Å²) >= 11 is 0. The Labute approximate surface area is 176 Å². The highest BCUT2D eigenvalue weighted by Crippen LogP contribution is 2.45. The molecule has 1 aliphatic carbocycles. The number of amides is 3. The molecule has 2 aliphatic rings. The van der Waals surface area contributed by atoms with Gasteiger partial charge < -0.3 is 10.1 Å². The van der Waals surface area contributed by atoms with Gasteiger partial charge in [0.25, 0.3) is 5.91 Å². The van der Waals surface area contributed by atoms with Crippen molar-refractivity contribution >= 4 is 17.9 Å². The Bertz CT molecular complexity index is 970. The number of carbonyl (C=O) groups is 3. The minimum Gasteiger partial charge on any atom is -0.451 e. The third kappa shape index (κ3) is 3.47. The number of esters is 1. The first-order chi connectivity index (χ1) is 14.3. The van der Waals surface area contributed by atoms with Crippen LogP contribution in [0.2, 0.25) is 0 Å². The summed E-state index contributed by atoms with van der Waals surface area (Å²) in [6.45, 7) is 5.45. The zero-order valence-electron chi connectivity index (χ0n) is 17.5. The van der Waals surface area contributed by atoms with E-state index in [0.29, 0.717) is 12.3 Å². The van der Waals surface area contributed by atoms with Crippen molar-refractivity contribution in [2.45, 2.75) is 45.3 Å². The highest BCUT2D eigenvalue weighted by Gasteiger charge is 2.48. The average molecular weight is 406 g/mol. The van der Waals surface area contributed by atoms with Crippen LogP contribution in [0, 0.1) is 5.92 Å². The minimum atomic E-state index is -0.978. The van der Waals surface area contributed by atoms with E-state index in [1.54, 1.807) is 6.92 Å². The highest BCUT2D eigenvalue weighted by atomic mass is 16.5. The van der Waals surface area contributed by atoms with Gasteiger partial charge in [0.05, 0.1) is 0 Å². The molecule has 6 heteroatoms. The minimum absolute atomic E-state index is 0.377. The molecule has 0 saturated carbocycles. The smallest absolute Gasteiger partial charge is 0.327 e. The lowest BCUT2D eigenvalue weighted by molar-refractivity contribution is -0.150. The SMILES string of the molecule is CC(C)CC[C@@]1(C)NC(=O)N(CC(=O)OC2c3ccccc3-c3ccccc32)C1=O. The normalized spacial score (nSPS) is 20.3. The summed E-state index contributed by atoms with van der Waals surface area (Å²) in [7, 11) is 0. The fourth-order valence-electron chi connectivity index (χ4n) is 4.17. The Morgan fingerprint density at radius 1 is 1.07 bits per heavy atom. The molecule has 1 heterocycles. The van der Waals surface area contributed by atoms with E-state index in [4.69, 9.17) is 4.74 Å². The summed E-state index contributed by atoms with van der Waals surface area (Å²) < 4.78 is 5.78. The number of imide groups is 1. The molecule has 1 N–H and O–H groups in total. The molecule has 3 amide bonds. The van der Waals surface area contributed by atoms with Crippen LogP contribution >= 0.6 is 0 Å². The van der Waals surface area contributed by atoms with E-state index in [2.05, 4.69) is 19.2 Å². The first-order valence-electron chi connectivity index (χ1n) is 10.3. The molecule has 1 atom stereocenters. The van der Waals surface area contributed by atoms with Crippen LogP contribution < -0.4 is 5.32 Å². The van der Waals surface area contributed by atoms with Gasteiger partial charge in [0.15, 0.2) is 6.10 Å². The monoisotopic (exact) mass is 406 g/mol. The second-order valence-electron chi connectivity index (χ2n) is 8.63. The number of urea groups is 1. The van der Waals surface area contributed by atoms with E-state index in [1.165, 1.54) is 0 Å². The van der Waals surface area contributed by atoms with Gasteiger partial charge >= 0.3 is 12.0 Å². The molecular formula is C24H26N2O4. The predicted octanol–water partition coefficient (Wildman–Crippen LogP) is 4.05. The molecule has 1 aliphatic heterocycles. The summed E-state index contributed by atoms with van der Waals surface area (Å²) in [6.07, 6.45) is 0.790. The fourth-order valence-corrected chi connectivity index (χ4v) is 4.17. The van der Waals surface area contributed by atoms with Gasteiger partial charge in [0, 0.05) is 11.1 Å². The van der Waals surface area contributed by atoms with Crippen molar-refractivity contribution in [3.8, 4) is 11.1 Å². The standard InChI is InChI=1S/C24H26N2O4/c1-15(2)12-13-24(3)22(28)26(23(29)25-24)14-20(27)30-21-18-10-6-4-8-16(18)17-9-5-7-11-19(17)21/h4-11,15,21H,12-14H2,1-3H3,(H,25,29)/t24-/m1/s1. The molecule has 0 radical (unpaired) electrons. The molecule has 6 nitrogen and oxygen atoms in total. The summed E-state index contributed by atoms with van der Waals surface area (Å²) in [5, 5.41) is 2.75. The first-order valence-corrected chi connectivity index (χ1v) is 10.3. The molecule has 2 aromatic carbocycles. The second kappa shape index (κ2) is 7.59. The largest absolute Gasteiger partial charge is 0.451 e. The lowest BCUT2D eigenvalue weighted by Crippen LogP contribution is -2.44. The van der Waals surface area contributed by atoms with Crippen LogP contribution in [0.1, 0.15) is 50.8 Å². The number of hydrogen-bond acceptors (Lipinski definition) is 4. The molecule has 1 saturated heterocycles. The van der Waals surface area contributed by atoms with Gasteiger partial charge in [-0.1, -0.05) is 62.4 Å². The average Bonchev–Trinajstić information content (AvgIpc) is 3.14. The van der Waals surface area contributed by atoms with Gasteiger partial charge in [-0.2, -0.15) is 0 Å².